The van der Waals surface area contributed by atoms with E-state index in [1.165, 1.54) is 12.1 Å². The largest absolute Gasteiger partial charge is 0.271 e. The highest BCUT2D eigenvalue weighted by Crippen LogP contribution is 2.29. The maximum absolute atomic E-state index is 13.8. The van der Waals surface area contributed by atoms with Gasteiger partial charge < -0.3 is 0 Å². The van der Waals surface area contributed by atoms with Gasteiger partial charge >= 0.3 is 0 Å². The summed E-state index contributed by atoms with van der Waals surface area (Å²) >= 11 is 3.37. The Bertz CT molecular complexity index is 560. The van der Waals surface area contributed by atoms with E-state index in [9.17, 15) is 8.78 Å². The summed E-state index contributed by atoms with van der Waals surface area (Å²) in [6.45, 7) is 0. The molecule has 0 aliphatic carbocycles. The highest BCUT2D eigenvalue weighted by Gasteiger charge is 2.20. The van der Waals surface area contributed by atoms with Crippen molar-refractivity contribution in [2.45, 2.75) is 6.04 Å². The van der Waals surface area contributed by atoms with E-state index >= 15 is 0 Å². The van der Waals surface area contributed by atoms with Crippen LogP contribution < -0.4 is 11.3 Å². The summed E-state index contributed by atoms with van der Waals surface area (Å²) in [5.74, 6) is 3.68. The zero-order valence-corrected chi connectivity index (χ0v) is 10.9. The van der Waals surface area contributed by atoms with E-state index in [4.69, 9.17) is 5.84 Å². The van der Waals surface area contributed by atoms with Gasteiger partial charge in [0.1, 0.15) is 0 Å². The molecule has 2 aromatic rings. The second-order valence-electron chi connectivity index (χ2n) is 3.76. The summed E-state index contributed by atoms with van der Waals surface area (Å²) in [6, 6.07) is 10.7. The number of rotatable bonds is 3. The van der Waals surface area contributed by atoms with Crippen molar-refractivity contribution >= 4 is 15.9 Å². The average Bonchev–Trinajstić information content (AvgIpc) is 2.37. The Morgan fingerprint density at radius 2 is 1.67 bits per heavy atom. The fraction of sp³-hybridized carbons (Fsp3) is 0.0769. The summed E-state index contributed by atoms with van der Waals surface area (Å²) < 4.78 is 27.8. The lowest BCUT2D eigenvalue weighted by Gasteiger charge is -2.19. The van der Waals surface area contributed by atoms with Gasteiger partial charge in [0.05, 0.1) is 6.04 Å². The number of benzene rings is 2. The molecule has 1 atom stereocenters. The molecule has 0 aliphatic heterocycles. The molecule has 0 fully saturated rings. The van der Waals surface area contributed by atoms with Gasteiger partial charge in [-0.3, -0.25) is 5.84 Å². The summed E-state index contributed by atoms with van der Waals surface area (Å²) in [5, 5.41) is 0. The second kappa shape index (κ2) is 5.56. The van der Waals surface area contributed by atoms with Gasteiger partial charge in [0, 0.05) is 10.0 Å². The minimum atomic E-state index is -0.892. The standard InChI is InChI=1S/C13H11BrF2N2/c14-10-6-2-1-4-8(10)13(18-17)9-5-3-7-11(15)12(9)16/h1-7,13,18H,17H2. The molecule has 94 valence electrons. The van der Waals surface area contributed by atoms with Crippen LogP contribution in [0.1, 0.15) is 17.2 Å². The average molecular weight is 313 g/mol. The van der Waals surface area contributed by atoms with Crippen LogP contribution in [0.5, 0.6) is 0 Å². The number of nitrogens with two attached hydrogens (primary N) is 1. The van der Waals surface area contributed by atoms with Crippen LogP contribution in [0.3, 0.4) is 0 Å². The second-order valence-corrected chi connectivity index (χ2v) is 4.62. The van der Waals surface area contributed by atoms with Crippen molar-refractivity contribution in [1.82, 2.24) is 5.43 Å². The fourth-order valence-electron chi connectivity index (χ4n) is 1.80. The molecule has 0 aliphatic rings. The molecule has 18 heavy (non-hydrogen) atoms. The first-order valence-corrected chi connectivity index (χ1v) is 6.09. The molecule has 3 N–H and O–H groups in total. The van der Waals surface area contributed by atoms with Gasteiger partial charge in [-0.05, 0) is 17.7 Å². The predicted octanol–water partition coefficient (Wildman–Crippen LogP) is 3.28. The Balaban J connectivity index is 2.53. The van der Waals surface area contributed by atoms with E-state index in [1.54, 1.807) is 6.07 Å². The Hall–Kier alpha value is -1.30. The first-order valence-electron chi connectivity index (χ1n) is 5.29. The highest BCUT2D eigenvalue weighted by atomic mass is 79.9. The van der Waals surface area contributed by atoms with Crippen LogP contribution in [0.4, 0.5) is 8.78 Å². The first kappa shape index (κ1) is 13.1. The van der Waals surface area contributed by atoms with E-state index in [0.717, 1.165) is 16.1 Å². The number of nitrogens with one attached hydrogen (secondary N) is 1. The van der Waals surface area contributed by atoms with E-state index < -0.39 is 17.7 Å². The van der Waals surface area contributed by atoms with Gasteiger partial charge in [0.2, 0.25) is 0 Å². The zero-order valence-electron chi connectivity index (χ0n) is 9.33. The molecule has 5 heteroatoms. The van der Waals surface area contributed by atoms with Crippen molar-refractivity contribution in [3.05, 3.63) is 69.7 Å². The van der Waals surface area contributed by atoms with E-state index in [0.29, 0.717) is 0 Å². The predicted molar refractivity (Wildman–Crippen MR) is 69.7 cm³/mol. The smallest absolute Gasteiger partial charge is 0.163 e. The summed E-state index contributed by atoms with van der Waals surface area (Å²) in [5.41, 5.74) is 3.42. The lowest BCUT2D eigenvalue weighted by molar-refractivity contribution is 0.483. The highest BCUT2D eigenvalue weighted by molar-refractivity contribution is 9.10. The maximum atomic E-state index is 13.8. The molecule has 0 saturated heterocycles. The van der Waals surface area contributed by atoms with Crippen molar-refractivity contribution in [2.75, 3.05) is 0 Å². The third-order valence-corrected chi connectivity index (χ3v) is 3.40. The third-order valence-electron chi connectivity index (χ3n) is 2.68. The summed E-state index contributed by atoms with van der Waals surface area (Å²) in [7, 11) is 0. The van der Waals surface area contributed by atoms with Gasteiger partial charge in [-0.15, -0.1) is 0 Å². The van der Waals surface area contributed by atoms with Crippen molar-refractivity contribution < 1.29 is 8.78 Å². The molecule has 0 radical (unpaired) electrons. The summed E-state index contributed by atoms with van der Waals surface area (Å²) in [6.07, 6.45) is 0. The third kappa shape index (κ3) is 2.43. The molecule has 0 amide bonds. The molecule has 0 bridgehead atoms. The lowest BCUT2D eigenvalue weighted by atomic mass is 9.99. The van der Waals surface area contributed by atoms with Gasteiger partial charge in [-0.2, -0.15) is 0 Å². The minimum absolute atomic E-state index is 0.171. The van der Waals surface area contributed by atoms with Crippen molar-refractivity contribution in [1.29, 1.82) is 0 Å². The van der Waals surface area contributed by atoms with Crippen molar-refractivity contribution in [2.24, 2.45) is 5.84 Å². The van der Waals surface area contributed by atoms with Crippen LogP contribution in [0, 0.1) is 11.6 Å². The van der Waals surface area contributed by atoms with Crippen LogP contribution in [0.25, 0.3) is 0 Å². The van der Waals surface area contributed by atoms with Crippen LogP contribution in [0.2, 0.25) is 0 Å². The van der Waals surface area contributed by atoms with E-state index in [-0.39, 0.29) is 5.56 Å². The monoisotopic (exact) mass is 312 g/mol. The maximum Gasteiger partial charge on any atom is 0.163 e. The van der Waals surface area contributed by atoms with Gasteiger partial charge in [0.15, 0.2) is 11.6 Å². The molecule has 2 rings (SSSR count). The molecule has 0 heterocycles. The molecular weight excluding hydrogens is 302 g/mol. The topological polar surface area (TPSA) is 38.0 Å². The number of hydrogen-bond donors (Lipinski definition) is 2. The zero-order chi connectivity index (χ0) is 13.1. The Morgan fingerprint density at radius 3 is 2.33 bits per heavy atom. The lowest BCUT2D eigenvalue weighted by Crippen LogP contribution is -2.30. The Labute approximate surface area is 112 Å². The SMILES string of the molecule is NNC(c1ccccc1Br)c1cccc(F)c1F. The molecule has 0 saturated carbocycles. The van der Waals surface area contributed by atoms with Gasteiger partial charge in [-0.1, -0.05) is 46.3 Å². The summed E-state index contributed by atoms with van der Waals surface area (Å²) in [4.78, 5) is 0. The minimum Gasteiger partial charge on any atom is -0.271 e. The van der Waals surface area contributed by atoms with Crippen molar-refractivity contribution in [3.8, 4) is 0 Å². The van der Waals surface area contributed by atoms with E-state index in [1.807, 2.05) is 18.2 Å². The molecule has 0 spiro atoms. The van der Waals surface area contributed by atoms with Gasteiger partial charge in [-0.25, -0.2) is 14.2 Å². The number of hydrazine groups is 1. The molecule has 0 aromatic heterocycles. The van der Waals surface area contributed by atoms with Crippen molar-refractivity contribution in [3.63, 3.8) is 0 Å². The molecule has 1 unspecified atom stereocenters. The quantitative estimate of drug-likeness (QED) is 0.674. The fourth-order valence-corrected chi connectivity index (χ4v) is 2.31. The molecule has 2 aromatic carbocycles. The molecular formula is C13H11BrF2N2. The van der Waals surface area contributed by atoms with E-state index in [2.05, 4.69) is 21.4 Å². The van der Waals surface area contributed by atoms with Crippen LogP contribution in [0.15, 0.2) is 46.9 Å². The number of hydrogen-bond acceptors (Lipinski definition) is 2. The first-order chi connectivity index (χ1) is 8.65. The Kier molecular flexibility index (Phi) is 4.06. The molecule has 2 nitrogen and oxygen atoms in total. The van der Waals surface area contributed by atoms with Gasteiger partial charge in [0.25, 0.3) is 0 Å². The normalized spacial score (nSPS) is 12.4. The Morgan fingerprint density at radius 1 is 1.00 bits per heavy atom. The number of halogens is 3. The van der Waals surface area contributed by atoms with Crippen LogP contribution in [-0.2, 0) is 0 Å². The van der Waals surface area contributed by atoms with Crippen LogP contribution in [-0.4, -0.2) is 0 Å². The van der Waals surface area contributed by atoms with Crippen LogP contribution >= 0.6 is 15.9 Å².